The largest absolute Gasteiger partial charge is 0.320 e. The van der Waals surface area contributed by atoms with Crippen LogP contribution in [0.15, 0.2) is 23.1 Å². The number of nitrogens with zero attached hydrogens (tertiary/aromatic N) is 1. The smallest absolute Gasteiger partial charge is 0.242 e. The summed E-state index contributed by atoms with van der Waals surface area (Å²) in [5, 5.41) is 0.145. The van der Waals surface area contributed by atoms with Crippen molar-refractivity contribution in [3.63, 3.8) is 0 Å². The van der Waals surface area contributed by atoms with Crippen LogP contribution in [0.25, 0.3) is 0 Å². The molecule has 5 nitrogen and oxygen atoms in total. The van der Waals surface area contributed by atoms with E-state index in [0.717, 1.165) is 0 Å². The Balaban J connectivity index is 2.90. The second kappa shape index (κ2) is 7.62. The summed E-state index contributed by atoms with van der Waals surface area (Å²) in [6.07, 6.45) is 0. The minimum Gasteiger partial charge on any atom is -0.320 e. The Morgan fingerprint density at radius 2 is 2.10 bits per heavy atom. The third-order valence-electron chi connectivity index (χ3n) is 2.41. The molecular weight excluding hydrogens is 298 g/mol. The van der Waals surface area contributed by atoms with Crippen LogP contribution in [0.4, 0.5) is 0 Å². The summed E-state index contributed by atoms with van der Waals surface area (Å²) in [6, 6.07) is 4.57. The summed E-state index contributed by atoms with van der Waals surface area (Å²) in [4.78, 5) is 1.94. The number of rotatable bonds is 5. The summed E-state index contributed by atoms with van der Waals surface area (Å²) in [5.41, 5.74) is 5.91. The molecule has 0 bridgehead atoms. The predicted molar refractivity (Wildman–Crippen MR) is 81.1 cm³/mol. The Kier molecular flexibility index (Phi) is 6.46. The van der Waals surface area contributed by atoms with Crippen LogP contribution in [0.1, 0.15) is 5.56 Å². The average Bonchev–Trinajstić information content (AvgIpc) is 2.35. The van der Waals surface area contributed by atoms with Crippen molar-refractivity contribution in [2.24, 2.45) is 5.73 Å². The van der Waals surface area contributed by atoms with Crippen LogP contribution >= 0.6 is 11.6 Å². The number of hydrogen-bond donors (Lipinski definition) is 2. The van der Waals surface area contributed by atoms with Gasteiger partial charge in [0.25, 0.3) is 0 Å². The molecule has 0 saturated carbocycles. The number of sulfonamides is 1. The standard InChI is InChI=1S/C13H18ClN3O2S/c1-17(2)9-8-16-20(18,19)13-6-5-11(4-3-7-15)10-12(13)14/h5-6,10,16H,7-9,15H2,1-2H3. The van der Waals surface area contributed by atoms with Crippen LogP contribution in [0, 0.1) is 11.8 Å². The highest BCUT2D eigenvalue weighted by Gasteiger charge is 2.17. The van der Waals surface area contributed by atoms with E-state index in [1.807, 2.05) is 19.0 Å². The maximum atomic E-state index is 12.1. The molecule has 1 aromatic carbocycles. The first kappa shape index (κ1) is 17.0. The molecule has 3 N–H and O–H groups in total. The van der Waals surface area contributed by atoms with Gasteiger partial charge in [0.15, 0.2) is 0 Å². The minimum absolute atomic E-state index is 0.0521. The van der Waals surface area contributed by atoms with Gasteiger partial charge in [-0.25, -0.2) is 13.1 Å². The number of likely N-dealkylation sites (N-methyl/N-ethyl adjacent to an activating group) is 1. The summed E-state index contributed by atoms with van der Waals surface area (Å²) in [7, 11) is 0.129. The van der Waals surface area contributed by atoms with E-state index in [-0.39, 0.29) is 16.5 Å². The fourth-order valence-electron chi connectivity index (χ4n) is 1.43. The number of nitrogens with one attached hydrogen (secondary N) is 1. The number of hydrogen-bond acceptors (Lipinski definition) is 4. The molecule has 20 heavy (non-hydrogen) atoms. The highest BCUT2D eigenvalue weighted by atomic mass is 35.5. The first-order valence-corrected chi connectivity index (χ1v) is 7.86. The van der Waals surface area contributed by atoms with Gasteiger partial charge in [-0.05, 0) is 32.3 Å². The Morgan fingerprint density at radius 1 is 1.40 bits per heavy atom. The Hall–Kier alpha value is -1.10. The van der Waals surface area contributed by atoms with Crippen molar-refractivity contribution in [1.82, 2.24) is 9.62 Å². The molecule has 110 valence electrons. The molecule has 0 unspecified atom stereocenters. The molecule has 0 saturated heterocycles. The zero-order valence-electron chi connectivity index (χ0n) is 11.5. The third-order valence-corrected chi connectivity index (χ3v) is 4.35. The van der Waals surface area contributed by atoms with Crippen LogP contribution in [0.3, 0.4) is 0 Å². The van der Waals surface area contributed by atoms with Gasteiger partial charge in [-0.15, -0.1) is 0 Å². The van der Waals surface area contributed by atoms with E-state index < -0.39 is 10.0 Å². The van der Waals surface area contributed by atoms with Gasteiger partial charge in [0.05, 0.1) is 11.6 Å². The Labute approximate surface area is 125 Å². The molecule has 1 rings (SSSR count). The monoisotopic (exact) mass is 315 g/mol. The molecule has 0 aliphatic carbocycles. The van der Waals surface area contributed by atoms with Gasteiger partial charge in [-0.1, -0.05) is 23.4 Å². The molecule has 0 radical (unpaired) electrons. The van der Waals surface area contributed by atoms with Gasteiger partial charge < -0.3 is 10.6 Å². The van der Waals surface area contributed by atoms with E-state index >= 15 is 0 Å². The number of benzene rings is 1. The lowest BCUT2D eigenvalue weighted by molar-refractivity contribution is 0.412. The van der Waals surface area contributed by atoms with E-state index in [9.17, 15) is 8.42 Å². The topological polar surface area (TPSA) is 75.4 Å². The van der Waals surface area contributed by atoms with Crippen molar-refractivity contribution in [2.75, 3.05) is 33.7 Å². The minimum atomic E-state index is -3.61. The van der Waals surface area contributed by atoms with Crippen LogP contribution in [-0.2, 0) is 10.0 Å². The Morgan fingerprint density at radius 3 is 2.65 bits per heavy atom. The molecule has 0 atom stereocenters. The quantitative estimate of drug-likeness (QED) is 0.776. The summed E-state index contributed by atoms with van der Waals surface area (Å²) in [6.45, 7) is 1.17. The average molecular weight is 316 g/mol. The van der Waals surface area contributed by atoms with E-state index in [1.165, 1.54) is 12.1 Å². The highest BCUT2D eigenvalue weighted by Crippen LogP contribution is 2.22. The lowest BCUT2D eigenvalue weighted by atomic mass is 10.2. The zero-order valence-corrected chi connectivity index (χ0v) is 13.1. The number of halogens is 1. The summed E-state index contributed by atoms with van der Waals surface area (Å²) < 4.78 is 26.7. The third kappa shape index (κ3) is 5.12. The Bertz CT molecular complexity index is 618. The van der Waals surface area contributed by atoms with Gasteiger partial charge in [0, 0.05) is 18.7 Å². The van der Waals surface area contributed by atoms with Gasteiger partial charge in [-0.2, -0.15) is 0 Å². The highest BCUT2D eigenvalue weighted by molar-refractivity contribution is 7.89. The van der Waals surface area contributed by atoms with Crippen LogP contribution in [-0.4, -0.2) is 47.0 Å². The molecule has 0 amide bonds. The van der Waals surface area contributed by atoms with Crippen molar-refractivity contribution in [3.8, 4) is 11.8 Å². The molecule has 0 aliphatic heterocycles. The van der Waals surface area contributed by atoms with Crippen molar-refractivity contribution >= 4 is 21.6 Å². The number of nitrogens with two attached hydrogens (primary N) is 1. The SMILES string of the molecule is CN(C)CCNS(=O)(=O)c1ccc(C#CCN)cc1Cl. The molecule has 0 spiro atoms. The predicted octanol–water partition coefficient (Wildman–Crippen LogP) is 0.490. The molecule has 0 heterocycles. The maximum absolute atomic E-state index is 12.1. The van der Waals surface area contributed by atoms with Gasteiger partial charge >= 0.3 is 0 Å². The molecule has 0 fully saturated rings. The van der Waals surface area contributed by atoms with Crippen molar-refractivity contribution in [3.05, 3.63) is 28.8 Å². The second-order valence-electron chi connectivity index (χ2n) is 4.35. The van der Waals surface area contributed by atoms with Gasteiger partial charge in [0.2, 0.25) is 10.0 Å². The van der Waals surface area contributed by atoms with E-state index in [1.54, 1.807) is 6.07 Å². The molecular formula is C13H18ClN3O2S. The maximum Gasteiger partial charge on any atom is 0.242 e. The molecule has 0 aliphatic rings. The van der Waals surface area contributed by atoms with Gasteiger partial charge in [0.1, 0.15) is 4.90 Å². The molecule has 0 aromatic heterocycles. The van der Waals surface area contributed by atoms with E-state index in [2.05, 4.69) is 16.6 Å². The first-order chi connectivity index (χ1) is 9.36. The zero-order chi connectivity index (χ0) is 15.2. The molecule has 7 heteroatoms. The fraction of sp³-hybridized carbons (Fsp3) is 0.385. The van der Waals surface area contributed by atoms with E-state index in [4.69, 9.17) is 17.3 Å². The fourth-order valence-corrected chi connectivity index (χ4v) is 2.99. The van der Waals surface area contributed by atoms with Crippen molar-refractivity contribution < 1.29 is 8.42 Å². The van der Waals surface area contributed by atoms with E-state index in [0.29, 0.717) is 18.7 Å². The summed E-state index contributed by atoms with van der Waals surface area (Å²) in [5.74, 6) is 5.49. The molecule has 1 aromatic rings. The van der Waals surface area contributed by atoms with Crippen molar-refractivity contribution in [1.29, 1.82) is 0 Å². The normalized spacial score (nSPS) is 11.2. The van der Waals surface area contributed by atoms with Crippen LogP contribution in [0.2, 0.25) is 5.02 Å². The van der Waals surface area contributed by atoms with Crippen molar-refractivity contribution in [2.45, 2.75) is 4.90 Å². The summed E-state index contributed by atoms with van der Waals surface area (Å²) >= 11 is 6.01. The van der Waals surface area contributed by atoms with Crippen LogP contribution in [0.5, 0.6) is 0 Å². The van der Waals surface area contributed by atoms with Gasteiger partial charge in [-0.3, -0.25) is 0 Å². The first-order valence-electron chi connectivity index (χ1n) is 5.99. The lowest BCUT2D eigenvalue weighted by Crippen LogP contribution is -2.31. The second-order valence-corrected chi connectivity index (χ2v) is 6.49. The lowest BCUT2D eigenvalue weighted by Gasteiger charge is -2.11. The van der Waals surface area contributed by atoms with Crippen LogP contribution < -0.4 is 10.5 Å².